The highest BCUT2D eigenvalue weighted by molar-refractivity contribution is 5.93. The van der Waals surface area contributed by atoms with Crippen LogP contribution >= 0.6 is 0 Å². The second-order valence-corrected chi connectivity index (χ2v) is 8.53. The predicted octanol–water partition coefficient (Wildman–Crippen LogP) is 2.95. The average Bonchev–Trinajstić information content (AvgIpc) is 3.53. The second-order valence-electron chi connectivity index (χ2n) is 8.53. The highest BCUT2D eigenvalue weighted by Gasteiger charge is 2.28. The van der Waals surface area contributed by atoms with Crippen LogP contribution in [0.25, 0.3) is 0 Å². The zero-order valence-corrected chi connectivity index (χ0v) is 19.3. The van der Waals surface area contributed by atoms with Gasteiger partial charge in [0, 0.05) is 31.0 Å². The monoisotopic (exact) mass is 447 g/mol. The molecule has 0 bridgehead atoms. The van der Waals surface area contributed by atoms with Crippen LogP contribution in [0.3, 0.4) is 0 Å². The van der Waals surface area contributed by atoms with Gasteiger partial charge in [0.05, 0.1) is 24.9 Å². The third kappa shape index (κ3) is 4.91. The third-order valence-corrected chi connectivity index (χ3v) is 6.26. The van der Waals surface area contributed by atoms with Crippen molar-refractivity contribution in [1.82, 2.24) is 19.7 Å². The van der Waals surface area contributed by atoms with Crippen molar-refractivity contribution >= 4 is 17.5 Å². The van der Waals surface area contributed by atoms with Crippen LogP contribution in [0.5, 0.6) is 0 Å². The molecular formula is C24H29N7O2. The molecule has 4 rings (SSSR count). The molecule has 0 radical (unpaired) electrons. The van der Waals surface area contributed by atoms with Gasteiger partial charge in [0.15, 0.2) is 5.82 Å². The van der Waals surface area contributed by atoms with Crippen molar-refractivity contribution in [1.29, 1.82) is 5.26 Å². The van der Waals surface area contributed by atoms with Crippen molar-refractivity contribution < 1.29 is 9.21 Å². The van der Waals surface area contributed by atoms with Gasteiger partial charge in [-0.15, -0.1) is 5.10 Å². The first-order valence-electron chi connectivity index (χ1n) is 11.1. The molecule has 3 aromatic heterocycles. The summed E-state index contributed by atoms with van der Waals surface area (Å²) in [4.78, 5) is 17.2. The van der Waals surface area contributed by atoms with Crippen molar-refractivity contribution in [2.24, 2.45) is 0 Å². The fourth-order valence-electron chi connectivity index (χ4n) is 4.50. The summed E-state index contributed by atoms with van der Waals surface area (Å²) in [5.41, 5.74) is 2.27. The van der Waals surface area contributed by atoms with Crippen molar-refractivity contribution in [2.45, 2.75) is 39.3 Å². The van der Waals surface area contributed by atoms with Gasteiger partial charge in [-0.05, 0) is 63.6 Å². The molecule has 1 unspecified atom stereocenters. The number of furan rings is 1. The number of rotatable bonds is 8. The summed E-state index contributed by atoms with van der Waals surface area (Å²) in [7, 11) is 1.94. The molecule has 9 nitrogen and oxygen atoms in total. The van der Waals surface area contributed by atoms with E-state index in [1.165, 1.54) is 0 Å². The summed E-state index contributed by atoms with van der Waals surface area (Å²) in [5, 5.41) is 20.9. The van der Waals surface area contributed by atoms with Gasteiger partial charge in [-0.1, -0.05) is 0 Å². The Morgan fingerprint density at radius 3 is 2.91 bits per heavy atom. The topological polar surface area (TPSA) is 103 Å². The molecule has 1 amide bonds. The van der Waals surface area contributed by atoms with Crippen LogP contribution in [-0.4, -0.2) is 58.3 Å². The van der Waals surface area contributed by atoms with Crippen molar-refractivity contribution in [2.75, 3.05) is 36.9 Å². The molecule has 1 N–H and O–H groups in total. The molecular weight excluding hydrogens is 418 g/mol. The van der Waals surface area contributed by atoms with E-state index in [2.05, 4.69) is 26.5 Å². The summed E-state index contributed by atoms with van der Waals surface area (Å²) >= 11 is 0. The Kier molecular flexibility index (Phi) is 6.75. The van der Waals surface area contributed by atoms with E-state index in [4.69, 9.17) is 4.42 Å². The van der Waals surface area contributed by atoms with Crippen LogP contribution in [-0.2, 0) is 11.3 Å². The van der Waals surface area contributed by atoms with Crippen molar-refractivity contribution in [3.8, 4) is 6.07 Å². The molecule has 1 aliphatic heterocycles. The number of nitrogens with zero attached hydrogens (tertiary/aromatic N) is 6. The van der Waals surface area contributed by atoms with E-state index in [1.54, 1.807) is 12.5 Å². The van der Waals surface area contributed by atoms with E-state index in [1.807, 2.05) is 54.6 Å². The van der Waals surface area contributed by atoms with Crippen LogP contribution < -0.4 is 10.2 Å². The Morgan fingerprint density at radius 1 is 1.36 bits per heavy atom. The highest BCUT2D eigenvalue weighted by Crippen LogP contribution is 2.28. The summed E-state index contributed by atoms with van der Waals surface area (Å²) in [5.74, 6) is 1.99. The summed E-state index contributed by atoms with van der Waals surface area (Å²) in [6, 6.07) is 10.1. The largest absolute Gasteiger partial charge is 0.467 e. The van der Waals surface area contributed by atoms with Crippen LogP contribution in [0.1, 0.15) is 35.4 Å². The predicted molar refractivity (Wildman–Crippen MR) is 125 cm³/mol. The lowest BCUT2D eigenvalue weighted by atomic mass is 10.2. The van der Waals surface area contributed by atoms with E-state index in [9.17, 15) is 10.1 Å². The molecule has 172 valence electrons. The average molecular weight is 448 g/mol. The van der Waals surface area contributed by atoms with Crippen molar-refractivity contribution in [3.63, 3.8) is 0 Å². The van der Waals surface area contributed by atoms with Gasteiger partial charge in [-0.3, -0.25) is 9.69 Å². The first-order chi connectivity index (χ1) is 16.0. The van der Waals surface area contributed by atoms with E-state index in [0.717, 1.165) is 48.8 Å². The van der Waals surface area contributed by atoms with Gasteiger partial charge < -0.3 is 19.2 Å². The Balaban J connectivity index is 1.43. The number of hydrogen-bond donors (Lipinski definition) is 1. The molecule has 4 heterocycles. The molecule has 33 heavy (non-hydrogen) atoms. The number of carbonyl (C=O) groups is 1. The first kappa shape index (κ1) is 22.6. The van der Waals surface area contributed by atoms with Crippen LogP contribution in [0, 0.1) is 25.2 Å². The summed E-state index contributed by atoms with van der Waals surface area (Å²) in [6.07, 6.45) is 5.43. The maximum Gasteiger partial charge on any atom is 0.239 e. The molecule has 0 aromatic carbocycles. The van der Waals surface area contributed by atoms with Gasteiger partial charge in [0.25, 0.3) is 0 Å². The van der Waals surface area contributed by atoms with E-state index in [-0.39, 0.29) is 18.5 Å². The van der Waals surface area contributed by atoms with Crippen molar-refractivity contribution in [3.05, 3.63) is 59.3 Å². The zero-order chi connectivity index (χ0) is 23.4. The third-order valence-electron chi connectivity index (χ3n) is 6.26. The lowest BCUT2D eigenvalue weighted by Crippen LogP contribution is -2.42. The molecule has 1 fully saturated rings. The van der Waals surface area contributed by atoms with Gasteiger partial charge in [0.2, 0.25) is 5.91 Å². The second kappa shape index (κ2) is 9.88. The van der Waals surface area contributed by atoms with E-state index >= 15 is 0 Å². The number of anilines is 2. The lowest BCUT2D eigenvalue weighted by molar-refractivity contribution is -0.117. The number of likely N-dealkylation sites (N-methyl/N-ethyl adjacent to an activating group) is 1. The smallest absolute Gasteiger partial charge is 0.239 e. The Bertz CT molecular complexity index is 1130. The molecule has 0 aliphatic carbocycles. The molecule has 9 heteroatoms. The molecule has 0 saturated carbocycles. The maximum absolute atomic E-state index is 13.0. The Morgan fingerprint density at radius 2 is 2.21 bits per heavy atom. The van der Waals surface area contributed by atoms with Gasteiger partial charge in [0.1, 0.15) is 17.6 Å². The van der Waals surface area contributed by atoms with E-state index < -0.39 is 0 Å². The fraction of sp³-hybridized carbons (Fsp3) is 0.417. The quantitative estimate of drug-likeness (QED) is 0.566. The minimum absolute atomic E-state index is 0.156. The molecule has 1 saturated heterocycles. The van der Waals surface area contributed by atoms with Crippen LogP contribution in [0.4, 0.5) is 11.6 Å². The Hall–Kier alpha value is -3.64. The molecule has 0 spiro atoms. The molecule has 1 aliphatic rings. The number of nitriles is 1. The number of aromatic nitrogens is 3. The van der Waals surface area contributed by atoms with Gasteiger partial charge in [-0.2, -0.15) is 10.4 Å². The summed E-state index contributed by atoms with van der Waals surface area (Å²) < 4.78 is 7.41. The van der Waals surface area contributed by atoms with Gasteiger partial charge in [-0.25, -0.2) is 0 Å². The maximum atomic E-state index is 13.0. The lowest BCUT2D eigenvalue weighted by Gasteiger charge is -2.29. The number of amides is 1. The van der Waals surface area contributed by atoms with Crippen LogP contribution in [0.15, 0.2) is 41.1 Å². The first-order valence-corrected chi connectivity index (χ1v) is 11.1. The number of hydrogen-bond acceptors (Lipinski definition) is 7. The standard InChI is InChI=1S/C24H29N7O2/c1-17-18(2)31(15-20-8-6-12-33-20)24(21(17)13-25)27-23(32)16-29(3)14-19-7-5-11-30(19)22-9-4-10-26-28-22/h4,6,8-10,12,19H,5,7,11,14-16H2,1-3H3,(H,27,32). The minimum atomic E-state index is -0.156. The SMILES string of the molecule is Cc1c(C#N)c(NC(=O)CN(C)CC2CCCN2c2cccnn2)n(Cc2ccco2)c1C. The fourth-order valence-corrected chi connectivity index (χ4v) is 4.50. The summed E-state index contributed by atoms with van der Waals surface area (Å²) in [6.45, 7) is 6.19. The van der Waals surface area contributed by atoms with Gasteiger partial charge >= 0.3 is 0 Å². The number of nitrogens with one attached hydrogen (secondary N) is 1. The molecule has 3 aromatic rings. The number of carbonyl (C=O) groups excluding carboxylic acids is 1. The Labute approximate surface area is 193 Å². The zero-order valence-electron chi connectivity index (χ0n) is 19.3. The minimum Gasteiger partial charge on any atom is -0.467 e. The highest BCUT2D eigenvalue weighted by atomic mass is 16.3. The normalized spacial score (nSPS) is 15.7. The van der Waals surface area contributed by atoms with Crippen LogP contribution in [0.2, 0.25) is 0 Å². The molecule has 1 atom stereocenters. The van der Waals surface area contributed by atoms with E-state index in [0.29, 0.717) is 17.9 Å².